The van der Waals surface area contributed by atoms with Crippen molar-refractivity contribution >= 4 is 27.4 Å². The van der Waals surface area contributed by atoms with Gasteiger partial charge in [-0.25, -0.2) is 4.98 Å². The second-order valence-corrected chi connectivity index (χ2v) is 5.31. The van der Waals surface area contributed by atoms with E-state index in [9.17, 15) is 0 Å². The zero-order valence-corrected chi connectivity index (χ0v) is 11.2. The van der Waals surface area contributed by atoms with Crippen LogP contribution in [0.15, 0.2) is 10.7 Å². The highest BCUT2D eigenvalue weighted by Gasteiger charge is 2.16. The largest absolute Gasteiger partial charge is 0.397 e. The van der Waals surface area contributed by atoms with E-state index in [1.54, 1.807) is 6.20 Å². The van der Waals surface area contributed by atoms with Crippen LogP contribution in [0.1, 0.15) is 31.2 Å². The molecule has 1 saturated carbocycles. The highest BCUT2D eigenvalue weighted by atomic mass is 79.9. The van der Waals surface area contributed by atoms with Crippen molar-refractivity contribution < 1.29 is 0 Å². The second-order valence-electron chi connectivity index (χ2n) is 4.51. The molecule has 3 nitrogen and oxygen atoms in total. The summed E-state index contributed by atoms with van der Waals surface area (Å²) in [6.45, 7) is 3.00. The lowest BCUT2D eigenvalue weighted by molar-refractivity contribution is 0.303. The van der Waals surface area contributed by atoms with Gasteiger partial charge < -0.3 is 11.1 Å². The molecule has 0 saturated heterocycles. The summed E-state index contributed by atoms with van der Waals surface area (Å²) in [7, 11) is 0. The molecule has 0 aromatic carbocycles. The Morgan fingerprint density at radius 1 is 1.56 bits per heavy atom. The predicted molar refractivity (Wildman–Crippen MR) is 71.5 cm³/mol. The van der Waals surface area contributed by atoms with Gasteiger partial charge in [-0.15, -0.1) is 0 Å². The van der Waals surface area contributed by atoms with Crippen molar-refractivity contribution in [2.45, 2.75) is 32.6 Å². The number of rotatable bonds is 4. The van der Waals surface area contributed by atoms with Crippen LogP contribution in [0.3, 0.4) is 0 Å². The number of hydrogen-bond acceptors (Lipinski definition) is 3. The molecular formula is C12H18BrN3. The van der Waals surface area contributed by atoms with Crippen LogP contribution in [-0.2, 0) is 0 Å². The Bertz CT molecular complexity index is 375. The van der Waals surface area contributed by atoms with Crippen LogP contribution in [0, 0.1) is 12.8 Å². The highest BCUT2D eigenvalue weighted by Crippen LogP contribution is 2.30. The quantitative estimate of drug-likeness (QED) is 0.891. The van der Waals surface area contributed by atoms with Gasteiger partial charge in [0.25, 0.3) is 0 Å². The summed E-state index contributed by atoms with van der Waals surface area (Å²) in [6.07, 6.45) is 7.17. The summed E-state index contributed by atoms with van der Waals surface area (Å²) in [5, 5.41) is 3.37. The topological polar surface area (TPSA) is 50.9 Å². The van der Waals surface area contributed by atoms with Crippen molar-refractivity contribution in [2.24, 2.45) is 5.92 Å². The van der Waals surface area contributed by atoms with Gasteiger partial charge in [-0.1, -0.05) is 19.3 Å². The summed E-state index contributed by atoms with van der Waals surface area (Å²) in [4.78, 5) is 4.30. The Morgan fingerprint density at radius 3 is 2.94 bits per heavy atom. The van der Waals surface area contributed by atoms with Crippen LogP contribution in [0.5, 0.6) is 0 Å². The molecule has 2 rings (SSSR count). The molecule has 1 heterocycles. The number of hydrogen-bond donors (Lipinski definition) is 2. The molecular weight excluding hydrogens is 266 g/mol. The van der Waals surface area contributed by atoms with E-state index in [0.717, 1.165) is 34.0 Å². The molecule has 0 amide bonds. The standard InChI is InChI=1S/C12H18BrN3/c1-8-10(14)7-16-12(11(8)13)15-6-5-9-3-2-4-9/h7,9H,2-6,14H2,1H3,(H,15,16). The van der Waals surface area contributed by atoms with E-state index in [1.165, 1.54) is 25.7 Å². The minimum atomic E-state index is 0.733. The van der Waals surface area contributed by atoms with Crippen LogP contribution in [-0.4, -0.2) is 11.5 Å². The zero-order valence-electron chi connectivity index (χ0n) is 9.59. The number of nitrogens with one attached hydrogen (secondary N) is 1. The van der Waals surface area contributed by atoms with Crippen LogP contribution in [0.4, 0.5) is 11.5 Å². The third-order valence-corrected chi connectivity index (χ3v) is 4.34. The number of nitrogens with two attached hydrogens (primary N) is 1. The van der Waals surface area contributed by atoms with Crippen LogP contribution < -0.4 is 11.1 Å². The highest BCUT2D eigenvalue weighted by molar-refractivity contribution is 9.10. The van der Waals surface area contributed by atoms with Gasteiger partial charge in [-0.3, -0.25) is 0 Å². The van der Waals surface area contributed by atoms with E-state index in [2.05, 4.69) is 26.2 Å². The van der Waals surface area contributed by atoms with E-state index >= 15 is 0 Å². The summed E-state index contributed by atoms with van der Waals surface area (Å²) >= 11 is 3.52. The monoisotopic (exact) mass is 283 g/mol. The number of anilines is 2. The fraction of sp³-hybridized carbons (Fsp3) is 0.583. The first kappa shape index (κ1) is 11.7. The lowest BCUT2D eigenvalue weighted by Crippen LogP contribution is -2.16. The minimum Gasteiger partial charge on any atom is -0.397 e. The first-order chi connectivity index (χ1) is 7.68. The van der Waals surface area contributed by atoms with Gasteiger partial charge in [0.2, 0.25) is 0 Å². The lowest BCUT2D eigenvalue weighted by Gasteiger charge is -2.25. The molecule has 0 atom stereocenters. The van der Waals surface area contributed by atoms with Crippen LogP contribution in [0.25, 0.3) is 0 Å². The molecule has 1 aliphatic rings. The Hall–Kier alpha value is -0.770. The molecule has 0 unspecified atom stereocenters. The number of aromatic nitrogens is 1. The molecule has 0 bridgehead atoms. The average Bonchev–Trinajstić information content (AvgIpc) is 2.21. The smallest absolute Gasteiger partial charge is 0.140 e. The van der Waals surface area contributed by atoms with E-state index in [1.807, 2.05) is 6.92 Å². The molecule has 1 aromatic heterocycles. The lowest BCUT2D eigenvalue weighted by atomic mass is 9.83. The van der Waals surface area contributed by atoms with E-state index < -0.39 is 0 Å². The number of pyridine rings is 1. The Morgan fingerprint density at radius 2 is 2.31 bits per heavy atom. The maximum Gasteiger partial charge on any atom is 0.140 e. The van der Waals surface area contributed by atoms with Crippen molar-refractivity contribution in [2.75, 3.05) is 17.6 Å². The maximum absolute atomic E-state index is 5.78. The minimum absolute atomic E-state index is 0.733. The normalized spacial score (nSPS) is 15.9. The molecule has 1 aromatic rings. The summed E-state index contributed by atoms with van der Waals surface area (Å²) < 4.78 is 0.987. The number of halogens is 1. The fourth-order valence-electron chi connectivity index (χ4n) is 1.89. The molecule has 0 radical (unpaired) electrons. The molecule has 4 heteroatoms. The third kappa shape index (κ3) is 2.48. The van der Waals surface area contributed by atoms with Crippen molar-refractivity contribution in [3.8, 4) is 0 Å². The van der Waals surface area contributed by atoms with Gasteiger partial charge in [-0.05, 0) is 40.8 Å². The second kappa shape index (κ2) is 5.04. The SMILES string of the molecule is Cc1c(N)cnc(NCCC2CCC2)c1Br. The zero-order chi connectivity index (χ0) is 11.5. The van der Waals surface area contributed by atoms with Gasteiger partial charge >= 0.3 is 0 Å². The van der Waals surface area contributed by atoms with Gasteiger partial charge in [0.05, 0.1) is 16.4 Å². The van der Waals surface area contributed by atoms with Crippen LogP contribution in [0.2, 0.25) is 0 Å². The van der Waals surface area contributed by atoms with Gasteiger partial charge in [0.15, 0.2) is 0 Å². The van der Waals surface area contributed by atoms with Crippen molar-refractivity contribution in [1.82, 2.24) is 4.98 Å². The third-order valence-electron chi connectivity index (χ3n) is 3.37. The molecule has 1 fully saturated rings. The van der Waals surface area contributed by atoms with Crippen molar-refractivity contribution in [3.05, 3.63) is 16.2 Å². The molecule has 3 N–H and O–H groups in total. The first-order valence-corrected chi connectivity index (χ1v) is 6.62. The molecule has 88 valence electrons. The van der Waals surface area contributed by atoms with E-state index in [4.69, 9.17) is 5.73 Å². The van der Waals surface area contributed by atoms with Crippen molar-refractivity contribution in [1.29, 1.82) is 0 Å². The Kier molecular flexibility index (Phi) is 3.69. The molecule has 16 heavy (non-hydrogen) atoms. The molecule has 0 spiro atoms. The summed E-state index contributed by atoms with van der Waals surface area (Å²) in [6, 6.07) is 0. The summed E-state index contributed by atoms with van der Waals surface area (Å²) in [5.74, 6) is 1.84. The maximum atomic E-state index is 5.78. The summed E-state index contributed by atoms with van der Waals surface area (Å²) in [5.41, 5.74) is 7.57. The van der Waals surface area contributed by atoms with E-state index in [0.29, 0.717) is 0 Å². The molecule has 1 aliphatic carbocycles. The molecule has 0 aliphatic heterocycles. The van der Waals surface area contributed by atoms with Crippen molar-refractivity contribution in [3.63, 3.8) is 0 Å². The predicted octanol–water partition coefficient (Wildman–Crippen LogP) is 3.34. The Balaban J connectivity index is 1.90. The fourth-order valence-corrected chi connectivity index (χ4v) is 2.36. The number of nitrogens with zero attached hydrogens (tertiary/aromatic N) is 1. The van der Waals surface area contributed by atoms with Crippen LogP contribution >= 0.6 is 15.9 Å². The van der Waals surface area contributed by atoms with Gasteiger partial charge in [-0.2, -0.15) is 0 Å². The first-order valence-electron chi connectivity index (χ1n) is 5.83. The van der Waals surface area contributed by atoms with E-state index in [-0.39, 0.29) is 0 Å². The average molecular weight is 284 g/mol. The Labute approximate surface area is 105 Å². The van der Waals surface area contributed by atoms with Gasteiger partial charge in [0, 0.05) is 6.54 Å². The number of nitrogen functional groups attached to an aromatic ring is 1. The van der Waals surface area contributed by atoms with Gasteiger partial charge in [0.1, 0.15) is 5.82 Å².